The highest BCUT2D eigenvalue weighted by molar-refractivity contribution is 5.85. The summed E-state index contributed by atoms with van der Waals surface area (Å²) in [5.74, 6) is 0. The van der Waals surface area contributed by atoms with Gasteiger partial charge in [-0.2, -0.15) is 13.2 Å². The molecule has 0 amide bonds. The molecule has 0 saturated carbocycles. The number of nitrogens with two attached hydrogens (primary N) is 1. The molecule has 3 N–H and O–H groups in total. The fraction of sp³-hybridized carbons (Fsp3) is 1.00. The molecule has 0 spiro atoms. The van der Waals surface area contributed by atoms with Gasteiger partial charge in [0.05, 0.1) is 5.60 Å². The van der Waals surface area contributed by atoms with Gasteiger partial charge in [0, 0.05) is 12.5 Å². The van der Waals surface area contributed by atoms with Crippen molar-refractivity contribution < 1.29 is 18.3 Å². The van der Waals surface area contributed by atoms with E-state index in [4.69, 9.17) is 5.73 Å². The standard InChI is InChI=1S/C8H16F3NO.ClH/c1-7(2,13)6(12)4-3-5-8(9,10)11;/h6,13H,3-5,12H2,1-2H3;1H. The molecule has 0 saturated heterocycles. The highest BCUT2D eigenvalue weighted by Crippen LogP contribution is 2.23. The maximum Gasteiger partial charge on any atom is 0.389 e. The van der Waals surface area contributed by atoms with Crippen LogP contribution >= 0.6 is 12.4 Å². The molecule has 0 aliphatic carbocycles. The Balaban J connectivity index is 0. The van der Waals surface area contributed by atoms with Crippen LogP contribution in [0.25, 0.3) is 0 Å². The predicted octanol–water partition coefficient (Wildman–Crippen LogP) is 2.24. The summed E-state index contributed by atoms with van der Waals surface area (Å²) in [4.78, 5) is 0. The maximum absolute atomic E-state index is 11.7. The zero-order valence-electron chi connectivity index (χ0n) is 8.27. The summed E-state index contributed by atoms with van der Waals surface area (Å²) >= 11 is 0. The van der Waals surface area contributed by atoms with Gasteiger partial charge >= 0.3 is 6.18 Å². The molecule has 0 fully saturated rings. The Morgan fingerprint density at radius 1 is 1.29 bits per heavy atom. The van der Waals surface area contributed by atoms with E-state index < -0.39 is 24.2 Å². The number of alkyl halides is 3. The molecule has 14 heavy (non-hydrogen) atoms. The molecule has 1 unspecified atom stereocenters. The van der Waals surface area contributed by atoms with Gasteiger partial charge in [-0.15, -0.1) is 12.4 Å². The number of aliphatic hydroxyl groups is 1. The van der Waals surface area contributed by atoms with E-state index >= 15 is 0 Å². The third-order valence-electron chi connectivity index (χ3n) is 1.88. The van der Waals surface area contributed by atoms with Crippen LogP contribution in [0.15, 0.2) is 0 Å². The fourth-order valence-corrected chi connectivity index (χ4v) is 0.876. The number of hydrogen-bond donors (Lipinski definition) is 2. The Morgan fingerprint density at radius 3 is 2.00 bits per heavy atom. The largest absolute Gasteiger partial charge is 0.389 e. The van der Waals surface area contributed by atoms with Gasteiger partial charge in [-0.1, -0.05) is 0 Å². The van der Waals surface area contributed by atoms with E-state index in [2.05, 4.69) is 0 Å². The van der Waals surface area contributed by atoms with Crippen LogP contribution in [-0.2, 0) is 0 Å². The lowest BCUT2D eigenvalue weighted by Crippen LogP contribution is -2.42. The van der Waals surface area contributed by atoms with E-state index in [9.17, 15) is 18.3 Å². The van der Waals surface area contributed by atoms with E-state index in [0.29, 0.717) is 0 Å². The first-order valence-electron chi connectivity index (χ1n) is 4.17. The highest BCUT2D eigenvalue weighted by atomic mass is 35.5. The molecule has 2 nitrogen and oxygen atoms in total. The van der Waals surface area contributed by atoms with Crippen LogP contribution in [-0.4, -0.2) is 22.9 Å². The summed E-state index contributed by atoms with van der Waals surface area (Å²) in [7, 11) is 0. The van der Waals surface area contributed by atoms with Crippen LogP contribution in [0.1, 0.15) is 33.1 Å². The molecular formula is C8H17ClF3NO. The van der Waals surface area contributed by atoms with Crippen molar-refractivity contribution in [2.45, 2.75) is 50.9 Å². The fourth-order valence-electron chi connectivity index (χ4n) is 0.876. The average molecular weight is 236 g/mol. The molecule has 0 aliphatic heterocycles. The van der Waals surface area contributed by atoms with Gasteiger partial charge in [-0.25, -0.2) is 0 Å². The van der Waals surface area contributed by atoms with Crippen LogP contribution in [0.2, 0.25) is 0 Å². The van der Waals surface area contributed by atoms with E-state index in [1.807, 2.05) is 0 Å². The van der Waals surface area contributed by atoms with Crippen molar-refractivity contribution in [1.29, 1.82) is 0 Å². The second-order valence-corrected chi connectivity index (χ2v) is 3.77. The predicted molar refractivity (Wildman–Crippen MR) is 51.4 cm³/mol. The normalized spacial score (nSPS) is 14.8. The van der Waals surface area contributed by atoms with Crippen LogP contribution in [0.5, 0.6) is 0 Å². The Bertz CT molecular complexity index is 156. The summed E-state index contributed by atoms with van der Waals surface area (Å²) in [6, 6.07) is -0.602. The van der Waals surface area contributed by atoms with Gasteiger partial charge in [0.15, 0.2) is 0 Å². The molecular weight excluding hydrogens is 219 g/mol. The average Bonchev–Trinajstić information content (AvgIpc) is 1.82. The minimum Gasteiger partial charge on any atom is -0.389 e. The van der Waals surface area contributed by atoms with E-state index in [1.54, 1.807) is 0 Å². The minimum atomic E-state index is -4.13. The molecule has 6 heteroatoms. The Hall–Kier alpha value is -0.0000000000000000555. The van der Waals surface area contributed by atoms with Crippen LogP contribution in [0.3, 0.4) is 0 Å². The zero-order valence-corrected chi connectivity index (χ0v) is 9.08. The zero-order chi connectivity index (χ0) is 10.7. The maximum atomic E-state index is 11.7. The smallest absolute Gasteiger partial charge is 0.389 e. The number of hydrogen-bond acceptors (Lipinski definition) is 2. The first-order chi connectivity index (χ1) is 5.63. The molecule has 0 bridgehead atoms. The third-order valence-corrected chi connectivity index (χ3v) is 1.88. The molecule has 0 aliphatic rings. The van der Waals surface area contributed by atoms with E-state index in [1.165, 1.54) is 13.8 Å². The van der Waals surface area contributed by atoms with Crippen molar-refractivity contribution >= 4 is 12.4 Å². The molecule has 0 aromatic rings. The van der Waals surface area contributed by atoms with Crippen LogP contribution in [0, 0.1) is 0 Å². The van der Waals surface area contributed by atoms with Crippen molar-refractivity contribution in [3.63, 3.8) is 0 Å². The first kappa shape index (κ1) is 16.4. The van der Waals surface area contributed by atoms with E-state index in [0.717, 1.165) is 0 Å². The lowest BCUT2D eigenvalue weighted by atomic mass is 9.95. The summed E-state index contributed by atoms with van der Waals surface area (Å²) in [5, 5.41) is 9.31. The topological polar surface area (TPSA) is 46.2 Å². The minimum absolute atomic E-state index is 0. The summed E-state index contributed by atoms with van der Waals surface area (Å²) in [6.07, 6.45) is -4.81. The number of halogens is 4. The lowest BCUT2D eigenvalue weighted by molar-refractivity contribution is -0.136. The van der Waals surface area contributed by atoms with Gasteiger partial charge in [0.25, 0.3) is 0 Å². The molecule has 0 rings (SSSR count). The summed E-state index contributed by atoms with van der Waals surface area (Å²) in [5.41, 5.74) is 4.36. The lowest BCUT2D eigenvalue weighted by Gasteiger charge is -2.25. The summed E-state index contributed by atoms with van der Waals surface area (Å²) < 4.78 is 35.1. The molecule has 0 heterocycles. The molecule has 0 aromatic carbocycles. The first-order valence-corrected chi connectivity index (χ1v) is 4.17. The van der Waals surface area contributed by atoms with Gasteiger partial charge in [-0.3, -0.25) is 0 Å². The van der Waals surface area contributed by atoms with Crippen molar-refractivity contribution in [2.75, 3.05) is 0 Å². The van der Waals surface area contributed by atoms with Gasteiger partial charge in [0.2, 0.25) is 0 Å². The monoisotopic (exact) mass is 235 g/mol. The second-order valence-electron chi connectivity index (χ2n) is 3.77. The quantitative estimate of drug-likeness (QED) is 0.785. The van der Waals surface area contributed by atoms with Crippen LogP contribution < -0.4 is 5.73 Å². The number of rotatable bonds is 4. The Kier molecular flexibility index (Phi) is 6.78. The van der Waals surface area contributed by atoms with Crippen molar-refractivity contribution in [3.05, 3.63) is 0 Å². The van der Waals surface area contributed by atoms with Gasteiger partial charge in [0.1, 0.15) is 0 Å². The van der Waals surface area contributed by atoms with Crippen molar-refractivity contribution in [3.8, 4) is 0 Å². The van der Waals surface area contributed by atoms with Crippen molar-refractivity contribution in [1.82, 2.24) is 0 Å². The van der Waals surface area contributed by atoms with Crippen LogP contribution in [0.4, 0.5) is 13.2 Å². The summed E-state index contributed by atoms with van der Waals surface area (Å²) in [6.45, 7) is 2.98. The third kappa shape index (κ3) is 8.59. The molecule has 1 atom stereocenters. The van der Waals surface area contributed by atoms with Crippen molar-refractivity contribution in [2.24, 2.45) is 5.73 Å². The second kappa shape index (κ2) is 5.78. The van der Waals surface area contributed by atoms with Gasteiger partial charge in [-0.05, 0) is 26.7 Å². The van der Waals surface area contributed by atoms with E-state index in [-0.39, 0.29) is 25.2 Å². The molecule has 0 radical (unpaired) electrons. The Labute approximate surface area is 88.1 Å². The molecule has 0 aromatic heterocycles. The highest BCUT2D eigenvalue weighted by Gasteiger charge is 2.28. The SMILES string of the molecule is CC(C)(O)C(N)CCCC(F)(F)F.Cl. The van der Waals surface area contributed by atoms with Gasteiger partial charge < -0.3 is 10.8 Å². The molecule has 88 valence electrons. The Morgan fingerprint density at radius 2 is 1.71 bits per heavy atom.